The Hall–Kier alpha value is -0.780. The first kappa shape index (κ1) is 19.5. The maximum absolute atomic E-state index is 12.4. The predicted molar refractivity (Wildman–Crippen MR) is 101 cm³/mol. The first-order valence-electron chi connectivity index (χ1n) is 8.55. The van der Waals surface area contributed by atoms with Gasteiger partial charge in [-0.15, -0.1) is 12.4 Å². The van der Waals surface area contributed by atoms with Crippen LogP contribution in [-0.2, 0) is 4.79 Å². The van der Waals surface area contributed by atoms with Gasteiger partial charge in [0.15, 0.2) is 0 Å². The van der Waals surface area contributed by atoms with Gasteiger partial charge >= 0.3 is 0 Å². The number of halogens is 2. The molecule has 4 nitrogen and oxygen atoms in total. The zero-order valence-corrected chi connectivity index (χ0v) is 16.2. The fraction of sp³-hybridized carbons (Fsp3) is 0.611. The summed E-state index contributed by atoms with van der Waals surface area (Å²) in [6.45, 7) is 1.03. The number of hydrogen-bond donors (Lipinski definition) is 2. The Bertz CT molecular complexity index is 544. The standard InChI is InChI=1S/C18H25BrN2O2.ClH/c19-15-5-2-6-16(11-15)23-8-7-21-18(22)14-9-12-3-1-4-13(10-14)17(12)20;/h2,5-6,11-14,17H,1,3-4,7-10,20H2,(H,21,22);1H. The first-order chi connectivity index (χ1) is 11.1. The number of ether oxygens (including phenoxy) is 1. The number of hydrogen-bond acceptors (Lipinski definition) is 3. The Morgan fingerprint density at radius 1 is 1.29 bits per heavy atom. The van der Waals surface area contributed by atoms with Crippen molar-refractivity contribution in [3.63, 3.8) is 0 Å². The Balaban J connectivity index is 0.00000208. The van der Waals surface area contributed by atoms with Gasteiger partial charge in [0.25, 0.3) is 0 Å². The van der Waals surface area contributed by atoms with Crippen molar-refractivity contribution in [3.8, 4) is 5.75 Å². The summed E-state index contributed by atoms with van der Waals surface area (Å²) >= 11 is 3.41. The topological polar surface area (TPSA) is 64.4 Å². The van der Waals surface area contributed by atoms with Crippen LogP contribution in [0.15, 0.2) is 28.7 Å². The van der Waals surface area contributed by atoms with Crippen LogP contribution in [0.25, 0.3) is 0 Å². The fourth-order valence-corrected chi connectivity index (χ4v) is 4.43. The molecule has 0 spiro atoms. The van der Waals surface area contributed by atoms with E-state index in [0.29, 0.717) is 31.0 Å². The molecule has 2 bridgehead atoms. The van der Waals surface area contributed by atoms with Crippen molar-refractivity contribution in [3.05, 3.63) is 28.7 Å². The lowest BCUT2D eigenvalue weighted by Gasteiger charge is -2.43. The molecule has 2 aliphatic carbocycles. The zero-order valence-electron chi connectivity index (χ0n) is 13.7. The molecule has 134 valence electrons. The monoisotopic (exact) mass is 416 g/mol. The smallest absolute Gasteiger partial charge is 0.223 e. The van der Waals surface area contributed by atoms with Crippen molar-refractivity contribution >= 4 is 34.2 Å². The minimum Gasteiger partial charge on any atom is -0.492 e. The van der Waals surface area contributed by atoms with Crippen molar-refractivity contribution in [1.82, 2.24) is 5.32 Å². The molecule has 0 heterocycles. The van der Waals surface area contributed by atoms with Gasteiger partial charge in [0, 0.05) is 16.4 Å². The van der Waals surface area contributed by atoms with Crippen LogP contribution >= 0.6 is 28.3 Å². The second kappa shape index (κ2) is 9.07. The highest BCUT2D eigenvalue weighted by molar-refractivity contribution is 9.10. The number of rotatable bonds is 5. The van der Waals surface area contributed by atoms with Crippen LogP contribution in [0.1, 0.15) is 32.1 Å². The average Bonchev–Trinajstić information content (AvgIpc) is 2.51. The predicted octanol–water partition coefficient (Wildman–Crippen LogP) is 3.52. The fourth-order valence-electron chi connectivity index (χ4n) is 4.05. The molecule has 0 saturated heterocycles. The number of carbonyl (C=O) groups excluding carboxylic acids is 1. The van der Waals surface area contributed by atoms with Crippen LogP contribution in [0.2, 0.25) is 0 Å². The molecule has 0 aromatic heterocycles. The lowest BCUT2D eigenvalue weighted by atomic mass is 9.65. The van der Waals surface area contributed by atoms with Gasteiger partial charge in [0.05, 0.1) is 6.54 Å². The summed E-state index contributed by atoms with van der Waals surface area (Å²) in [7, 11) is 0. The molecule has 2 aliphatic rings. The number of carbonyl (C=O) groups is 1. The summed E-state index contributed by atoms with van der Waals surface area (Å²) in [5.41, 5.74) is 6.29. The van der Waals surface area contributed by atoms with Gasteiger partial charge in [0.1, 0.15) is 12.4 Å². The molecule has 2 atom stereocenters. The van der Waals surface area contributed by atoms with Gasteiger partial charge in [-0.05, 0) is 55.7 Å². The van der Waals surface area contributed by atoms with E-state index in [-0.39, 0.29) is 24.2 Å². The van der Waals surface area contributed by atoms with E-state index >= 15 is 0 Å². The van der Waals surface area contributed by atoms with E-state index < -0.39 is 0 Å². The quantitative estimate of drug-likeness (QED) is 0.720. The van der Waals surface area contributed by atoms with Crippen LogP contribution in [0.3, 0.4) is 0 Å². The Labute approximate surface area is 158 Å². The van der Waals surface area contributed by atoms with Gasteiger partial charge in [-0.1, -0.05) is 28.4 Å². The second-order valence-corrected chi connectivity index (χ2v) is 7.71. The highest BCUT2D eigenvalue weighted by Crippen LogP contribution is 2.41. The van der Waals surface area contributed by atoms with Gasteiger partial charge in [-0.25, -0.2) is 0 Å². The lowest BCUT2D eigenvalue weighted by Crippen LogP contribution is -2.49. The van der Waals surface area contributed by atoms with Crippen LogP contribution in [0.5, 0.6) is 5.75 Å². The molecule has 1 aromatic carbocycles. The number of amides is 1. The van der Waals surface area contributed by atoms with Crippen LogP contribution < -0.4 is 15.8 Å². The van der Waals surface area contributed by atoms with Gasteiger partial charge in [-0.3, -0.25) is 4.79 Å². The maximum atomic E-state index is 12.4. The Morgan fingerprint density at radius 2 is 2.00 bits per heavy atom. The number of fused-ring (bicyclic) bond motifs is 2. The number of benzene rings is 1. The number of nitrogens with two attached hydrogens (primary N) is 1. The molecule has 1 aromatic rings. The molecule has 3 N–H and O–H groups in total. The summed E-state index contributed by atoms with van der Waals surface area (Å²) in [6, 6.07) is 8.04. The van der Waals surface area contributed by atoms with Crippen LogP contribution in [0.4, 0.5) is 0 Å². The normalized spacial score (nSPS) is 28.6. The van der Waals surface area contributed by atoms with E-state index in [1.54, 1.807) is 0 Å². The highest BCUT2D eigenvalue weighted by Gasteiger charge is 2.40. The minimum absolute atomic E-state index is 0. The second-order valence-electron chi connectivity index (χ2n) is 6.79. The molecule has 0 aliphatic heterocycles. The molecular weight excluding hydrogens is 392 g/mol. The van der Waals surface area contributed by atoms with E-state index in [9.17, 15) is 4.79 Å². The van der Waals surface area contributed by atoms with Gasteiger partial charge in [0.2, 0.25) is 5.91 Å². The molecule has 24 heavy (non-hydrogen) atoms. The molecule has 1 amide bonds. The van der Waals surface area contributed by atoms with Gasteiger partial charge in [-0.2, -0.15) is 0 Å². The van der Waals surface area contributed by atoms with Crippen LogP contribution in [-0.4, -0.2) is 25.1 Å². The van der Waals surface area contributed by atoms with E-state index in [4.69, 9.17) is 10.5 Å². The molecular formula is C18H26BrClN2O2. The van der Waals surface area contributed by atoms with Gasteiger partial charge < -0.3 is 15.8 Å². The summed E-state index contributed by atoms with van der Waals surface area (Å²) in [5.74, 6) is 2.20. The Morgan fingerprint density at radius 3 is 2.67 bits per heavy atom. The third-order valence-electron chi connectivity index (χ3n) is 5.25. The molecule has 0 radical (unpaired) electrons. The van der Waals surface area contributed by atoms with E-state index in [2.05, 4.69) is 21.2 Å². The maximum Gasteiger partial charge on any atom is 0.223 e. The van der Waals surface area contributed by atoms with Crippen molar-refractivity contribution in [2.45, 2.75) is 38.1 Å². The summed E-state index contributed by atoms with van der Waals surface area (Å²) in [5, 5.41) is 3.02. The molecule has 2 fully saturated rings. The van der Waals surface area contributed by atoms with E-state index in [0.717, 1.165) is 23.1 Å². The summed E-state index contributed by atoms with van der Waals surface area (Å²) in [4.78, 5) is 12.4. The largest absolute Gasteiger partial charge is 0.492 e. The SMILES string of the molecule is Cl.NC1C2CCCC1CC(C(=O)NCCOc1cccc(Br)c1)C2. The van der Waals surface area contributed by atoms with Crippen molar-refractivity contribution in [2.75, 3.05) is 13.2 Å². The third kappa shape index (κ3) is 4.87. The molecule has 2 unspecified atom stereocenters. The average molecular weight is 418 g/mol. The summed E-state index contributed by atoms with van der Waals surface area (Å²) < 4.78 is 6.64. The zero-order chi connectivity index (χ0) is 16.2. The van der Waals surface area contributed by atoms with Crippen molar-refractivity contribution < 1.29 is 9.53 Å². The van der Waals surface area contributed by atoms with Crippen LogP contribution in [0, 0.1) is 17.8 Å². The number of nitrogens with one attached hydrogen (secondary N) is 1. The lowest BCUT2D eigenvalue weighted by molar-refractivity contribution is -0.128. The molecule has 6 heteroatoms. The van der Waals surface area contributed by atoms with E-state index in [1.165, 1.54) is 19.3 Å². The highest BCUT2D eigenvalue weighted by atomic mass is 79.9. The van der Waals surface area contributed by atoms with E-state index in [1.807, 2.05) is 24.3 Å². The van der Waals surface area contributed by atoms with Crippen molar-refractivity contribution in [1.29, 1.82) is 0 Å². The summed E-state index contributed by atoms with van der Waals surface area (Å²) in [6.07, 6.45) is 5.56. The minimum atomic E-state index is 0. The molecule has 3 rings (SSSR count). The molecule has 2 saturated carbocycles. The third-order valence-corrected chi connectivity index (χ3v) is 5.74. The van der Waals surface area contributed by atoms with Crippen molar-refractivity contribution in [2.24, 2.45) is 23.5 Å². The Kier molecular flexibility index (Phi) is 7.38. The first-order valence-corrected chi connectivity index (χ1v) is 9.34.